The molecule has 2 aliphatic rings. The number of amides is 1. The quantitative estimate of drug-likeness (QED) is 0.562. The van der Waals surface area contributed by atoms with Gasteiger partial charge in [-0.1, -0.05) is 18.2 Å². The molecule has 4 N–H and O–H groups in total. The normalized spacial score (nSPS) is 21.1. The van der Waals surface area contributed by atoms with E-state index in [1.807, 2.05) is 24.3 Å². The van der Waals surface area contributed by atoms with Crippen molar-refractivity contribution in [3.05, 3.63) is 29.8 Å². The molecule has 6 heteroatoms. The van der Waals surface area contributed by atoms with Gasteiger partial charge in [-0.3, -0.25) is 4.79 Å². The summed E-state index contributed by atoms with van der Waals surface area (Å²) in [7, 11) is 0. The lowest BCUT2D eigenvalue weighted by Gasteiger charge is -2.26. The third-order valence-electron chi connectivity index (χ3n) is 3.62. The second-order valence-corrected chi connectivity index (χ2v) is 5.42. The number of carbonyl (C=O) groups excluding carboxylic acids is 1. The van der Waals surface area contributed by atoms with E-state index in [1.54, 1.807) is 0 Å². The lowest BCUT2D eigenvalue weighted by Crippen LogP contribution is -2.38. The Labute approximate surface area is 123 Å². The van der Waals surface area contributed by atoms with E-state index >= 15 is 0 Å². The zero-order valence-corrected chi connectivity index (χ0v) is 11.8. The van der Waals surface area contributed by atoms with Gasteiger partial charge in [0.2, 0.25) is 5.91 Å². The number of carbonyl (C=O) groups is 1. The van der Waals surface area contributed by atoms with Crippen molar-refractivity contribution in [3.8, 4) is 5.75 Å². The fraction of sp³-hybridized carbons (Fsp3) is 0.467. The second-order valence-electron chi connectivity index (χ2n) is 5.42. The molecule has 112 valence electrons. The summed E-state index contributed by atoms with van der Waals surface area (Å²) in [5.74, 6) is 1.10. The maximum absolute atomic E-state index is 11.6. The van der Waals surface area contributed by atoms with E-state index in [1.165, 1.54) is 0 Å². The summed E-state index contributed by atoms with van der Waals surface area (Å²) < 4.78 is 5.60. The predicted molar refractivity (Wildman–Crippen MR) is 80.1 cm³/mol. The highest BCUT2D eigenvalue weighted by Crippen LogP contribution is 2.31. The number of nitrogens with one attached hydrogen (secondary N) is 2. The first-order valence-corrected chi connectivity index (χ1v) is 7.30. The van der Waals surface area contributed by atoms with Crippen molar-refractivity contribution >= 4 is 11.9 Å². The number of rotatable bonds is 4. The summed E-state index contributed by atoms with van der Waals surface area (Å²) in [6.07, 6.45) is 2.96. The topological polar surface area (TPSA) is 88.7 Å². The number of nitrogens with two attached hydrogens (primary N) is 1. The van der Waals surface area contributed by atoms with Crippen LogP contribution in [0, 0.1) is 0 Å². The van der Waals surface area contributed by atoms with E-state index in [0.29, 0.717) is 18.6 Å². The van der Waals surface area contributed by atoms with Crippen molar-refractivity contribution in [2.45, 2.75) is 31.3 Å². The lowest BCUT2D eigenvalue weighted by molar-refractivity contribution is -0.119. The molecule has 21 heavy (non-hydrogen) atoms. The predicted octanol–water partition coefficient (Wildman–Crippen LogP) is 0.693. The van der Waals surface area contributed by atoms with E-state index in [0.717, 1.165) is 30.6 Å². The van der Waals surface area contributed by atoms with Crippen molar-refractivity contribution < 1.29 is 9.53 Å². The third-order valence-corrected chi connectivity index (χ3v) is 3.62. The summed E-state index contributed by atoms with van der Waals surface area (Å²) in [4.78, 5) is 15.7. The lowest BCUT2D eigenvalue weighted by atomic mass is 10.0. The van der Waals surface area contributed by atoms with E-state index in [9.17, 15) is 4.79 Å². The number of hydrogen-bond acceptors (Lipinski definition) is 3. The molecule has 1 amide bonds. The molecule has 1 fully saturated rings. The summed E-state index contributed by atoms with van der Waals surface area (Å²) in [6, 6.07) is 8.30. The fourth-order valence-electron chi connectivity index (χ4n) is 2.37. The Bertz CT molecular complexity index is 554. The molecule has 0 saturated heterocycles. The smallest absolute Gasteiger partial charge is 0.242 e. The first-order chi connectivity index (χ1) is 10.2. The minimum Gasteiger partial charge on any atom is -0.493 e. The Hall–Kier alpha value is -2.24. The average molecular weight is 288 g/mol. The molecular weight excluding hydrogens is 268 g/mol. The van der Waals surface area contributed by atoms with Crippen molar-refractivity contribution in [1.82, 2.24) is 10.6 Å². The van der Waals surface area contributed by atoms with E-state index in [-0.39, 0.29) is 18.5 Å². The molecule has 0 aromatic heterocycles. The summed E-state index contributed by atoms with van der Waals surface area (Å²) >= 11 is 0. The SMILES string of the molecule is NC(=NCC(=O)NC1CC1)NC1CCOc2ccccc21. The molecule has 0 bridgehead atoms. The van der Waals surface area contributed by atoms with Crippen LogP contribution in [0.4, 0.5) is 0 Å². The van der Waals surface area contributed by atoms with E-state index in [2.05, 4.69) is 15.6 Å². The summed E-state index contributed by atoms with van der Waals surface area (Å²) in [5.41, 5.74) is 6.95. The first-order valence-electron chi connectivity index (χ1n) is 7.30. The number of ether oxygens (including phenoxy) is 1. The van der Waals surface area contributed by atoms with Gasteiger partial charge in [0.1, 0.15) is 12.3 Å². The van der Waals surface area contributed by atoms with Gasteiger partial charge in [-0.2, -0.15) is 0 Å². The molecule has 1 aromatic rings. The number of aliphatic imine (C=N–C) groups is 1. The monoisotopic (exact) mass is 288 g/mol. The van der Waals surface area contributed by atoms with E-state index < -0.39 is 0 Å². The molecule has 6 nitrogen and oxygen atoms in total. The Morgan fingerprint density at radius 1 is 1.29 bits per heavy atom. The van der Waals surface area contributed by atoms with Crippen LogP contribution < -0.4 is 21.1 Å². The maximum Gasteiger partial charge on any atom is 0.242 e. The Kier molecular flexibility index (Phi) is 3.94. The molecule has 1 unspecified atom stereocenters. The molecule has 0 radical (unpaired) electrons. The van der Waals surface area contributed by atoms with Gasteiger partial charge in [0.05, 0.1) is 12.6 Å². The van der Waals surface area contributed by atoms with Crippen molar-refractivity contribution in [2.24, 2.45) is 10.7 Å². The van der Waals surface area contributed by atoms with Crippen LogP contribution in [-0.4, -0.2) is 31.1 Å². The Balaban J connectivity index is 1.57. The molecular formula is C15H20N4O2. The molecule has 1 aliphatic heterocycles. The van der Waals surface area contributed by atoms with Crippen molar-refractivity contribution in [2.75, 3.05) is 13.2 Å². The standard InChI is InChI=1S/C15H20N4O2/c16-15(17-9-14(20)18-10-5-6-10)19-12-7-8-21-13-4-2-1-3-11(12)13/h1-4,10,12H,5-9H2,(H,18,20)(H3,16,17,19). The van der Waals surface area contributed by atoms with Gasteiger partial charge in [-0.15, -0.1) is 0 Å². The van der Waals surface area contributed by atoms with Gasteiger partial charge in [0.25, 0.3) is 0 Å². The number of fused-ring (bicyclic) bond motifs is 1. The highest BCUT2D eigenvalue weighted by Gasteiger charge is 2.23. The summed E-state index contributed by atoms with van der Waals surface area (Å²) in [6.45, 7) is 0.713. The summed E-state index contributed by atoms with van der Waals surface area (Å²) in [5, 5.41) is 6.05. The molecule has 1 aromatic carbocycles. The largest absolute Gasteiger partial charge is 0.493 e. The van der Waals surface area contributed by atoms with Crippen LogP contribution >= 0.6 is 0 Å². The molecule has 0 spiro atoms. The molecule has 1 heterocycles. The fourth-order valence-corrected chi connectivity index (χ4v) is 2.37. The zero-order chi connectivity index (χ0) is 14.7. The van der Waals surface area contributed by atoms with Gasteiger partial charge < -0.3 is 21.1 Å². The number of para-hydroxylation sites is 1. The minimum atomic E-state index is -0.0744. The number of nitrogens with zero attached hydrogens (tertiary/aromatic N) is 1. The minimum absolute atomic E-state index is 0.0696. The zero-order valence-electron chi connectivity index (χ0n) is 11.8. The van der Waals surface area contributed by atoms with Crippen molar-refractivity contribution in [1.29, 1.82) is 0 Å². The average Bonchev–Trinajstić information content (AvgIpc) is 3.29. The molecule has 3 rings (SSSR count). The maximum atomic E-state index is 11.6. The number of benzene rings is 1. The second kappa shape index (κ2) is 6.03. The van der Waals surface area contributed by atoms with Crippen LogP contribution in [0.3, 0.4) is 0 Å². The van der Waals surface area contributed by atoms with Gasteiger partial charge in [0, 0.05) is 18.0 Å². The van der Waals surface area contributed by atoms with Crippen LogP contribution in [0.5, 0.6) is 5.75 Å². The van der Waals surface area contributed by atoms with Gasteiger partial charge in [-0.25, -0.2) is 4.99 Å². The Morgan fingerprint density at radius 2 is 2.10 bits per heavy atom. The van der Waals surface area contributed by atoms with Crippen LogP contribution in [0.1, 0.15) is 30.9 Å². The third kappa shape index (κ3) is 3.65. The van der Waals surface area contributed by atoms with Crippen LogP contribution in [0.15, 0.2) is 29.3 Å². The molecule has 1 aliphatic carbocycles. The molecule has 1 saturated carbocycles. The Morgan fingerprint density at radius 3 is 2.90 bits per heavy atom. The van der Waals surface area contributed by atoms with Gasteiger partial charge >= 0.3 is 0 Å². The van der Waals surface area contributed by atoms with Crippen molar-refractivity contribution in [3.63, 3.8) is 0 Å². The number of guanidine groups is 1. The highest BCUT2D eigenvalue weighted by atomic mass is 16.5. The van der Waals surface area contributed by atoms with Gasteiger partial charge in [-0.05, 0) is 18.9 Å². The van der Waals surface area contributed by atoms with E-state index in [4.69, 9.17) is 10.5 Å². The van der Waals surface area contributed by atoms with Crippen LogP contribution in [0.2, 0.25) is 0 Å². The molecule has 1 atom stereocenters. The highest BCUT2D eigenvalue weighted by molar-refractivity contribution is 5.84. The van der Waals surface area contributed by atoms with Crippen LogP contribution in [0.25, 0.3) is 0 Å². The van der Waals surface area contributed by atoms with Gasteiger partial charge in [0.15, 0.2) is 5.96 Å². The number of hydrogen-bond donors (Lipinski definition) is 3. The first kappa shape index (κ1) is 13.7. The van der Waals surface area contributed by atoms with Crippen LogP contribution in [-0.2, 0) is 4.79 Å².